The maximum Gasteiger partial charge on any atom is 0.0471 e. The highest BCUT2D eigenvalue weighted by atomic mass is 35.5. The van der Waals surface area contributed by atoms with E-state index >= 15 is 0 Å². The van der Waals surface area contributed by atoms with E-state index in [0.717, 1.165) is 24.7 Å². The molecule has 2 aromatic carbocycles. The van der Waals surface area contributed by atoms with Crippen molar-refractivity contribution < 1.29 is 0 Å². The summed E-state index contributed by atoms with van der Waals surface area (Å²) in [7, 11) is 0. The molecular weight excluding hydrogens is 280 g/mol. The van der Waals surface area contributed by atoms with Gasteiger partial charge in [0.1, 0.15) is 0 Å². The Kier molecular flexibility index (Phi) is 3.36. The molecule has 0 atom stereocenters. The van der Waals surface area contributed by atoms with Crippen LogP contribution in [0, 0.1) is 0 Å². The molecule has 1 N–H and O–H groups in total. The summed E-state index contributed by atoms with van der Waals surface area (Å²) in [6.07, 6.45) is 2.60. The van der Waals surface area contributed by atoms with Crippen LogP contribution in [0.4, 0.5) is 5.69 Å². The maximum absolute atomic E-state index is 6.46. The number of benzene rings is 2. The van der Waals surface area contributed by atoms with Crippen molar-refractivity contribution in [3.8, 4) is 0 Å². The molecular formula is C18H19ClN2. The SMILES string of the molecule is Clc1cccc(N2Cc3ccccc3C2)c1CNC1CC1. The summed E-state index contributed by atoms with van der Waals surface area (Å²) in [6, 6.07) is 15.6. The van der Waals surface area contributed by atoms with Crippen LogP contribution in [0.3, 0.4) is 0 Å². The van der Waals surface area contributed by atoms with Gasteiger partial charge in [-0.3, -0.25) is 0 Å². The third kappa shape index (κ3) is 2.66. The zero-order chi connectivity index (χ0) is 14.2. The van der Waals surface area contributed by atoms with Gasteiger partial charge in [-0.25, -0.2) is 0 Å². The zero-order valence-corrected chi connectivity index (χ0v) is 12.7. The van der Waals surface area contributed by atoms with Gasteiger partial charge >= 0.3 is 0 Å². The van der Waals surface area contributed by atoms with Gasteiger partial charge in [0, 0.05) is 41.9 Å². The number of hydrogen-bond donors (Lipinski definition) is 1. The third-order valence-electron chi connectivity index (χ3n) is 4.42. The average molecular weight is 299 g/mol. The minimum absolute atomic E-state index is 0.699. The first-order chi connectivity index (χ1) is 10.3. The minimum atomic E-state index is 0.699. The highest BCUT2D eigenvalue weighted by molar-refractivity contribution is 6.31. The molecule has 1 saturated carbocycles. The normalized spacial score (nSPS) is 17.1. The Morgan fingerprint density at radius 3 is 2.38 bits per heavy atom. The molecule has 0 spiro atoms. The largest absolute Gasteiger partial charge is 0.363 e. The Bertz CT molecular complexity index is 639. The monoisotopic (exact) mass is 298 g/mol. The van der Waals surface area contributed by atoms with Crippen molar-refractivity contribution in [2.75, 3.05) is 4.90 Å². The zero-order valence-electron chi connectivity index (χ0n) is 12.0. The van der Waals surface area contributed by atoms with Gasteiger partial charge in [0.25, 0.3) is 0 Å². The first-order valence-electron chi connectivity index (χ1n) is 7.64. The number of rotatable bonds is 4. The van der Waals surface area contributed by atoms with E-state index < -0.39 is 0 Å². The molecule has 0 unspecified atom stereocenters. The van der Waals surface area contributed by atoms with Crippen molar-refractivity contribution in [3.63, 3.8) is 0 Å². The van der Waals surface area contributed by atoms with Crippen molar-refractivity contribution in [3.05, 3.63) is 64.2 Å². The van der Waals surface area contributed by atoms with Crippen molar-refractivity contribution in [1.29, 1.82) is 0 Å². The van der Waals surface area contributed by atoms with Crippen LogP contribution >= 0.6 is 11.6 Å². The Hall–Kier alpha value is -1.51. The highest BCUT2D eigenvalue weighted by Gasteiger charge is 2.24. The van der Waals surface area contributed by atoms with Gasteiger partial charge in [0.05, 0.1) is 0 Å². The topological polar surface area (TPSA) is 15.3 Å². The van der Waals surface area contributed by atoms with Crippen LogP contribution in [0.5, 0.6) is 0 Å². The van der Waals surface area contributed by atoms with Crippen LogP contribution in [0.2, 0.25) is 5.02 Å². The van der Waals surface area contributed by atoms with Crippen LogP contribution in [0.15, 0.2) is 42.5 Å². The predicted octanol–water partition coefficient (Wildman–Crippen LogP) is 4.11. The summed E-state index contributed by atoms with van der Waals surface area (Å²) in [5, 5.41) is 4.46. The second-order valence-corrected chi connectivity index (χ2v) is 6.42. The number of nitrogens with one attached hydrogen (secondary N) is 1. The predicted molar refractivity (Wildman–Crippen MR) is 87.6 cm³/mol. The Morgan fingerprint density at radius 1 is 1.00 bits per heavy atom. The van der Waals surface area contributed by atoms with E-state index in [-0.39, 0.29) is 0 Å². The summed E-state index contributed by atoms with van der Waals surface area (Å²) in [4.78, 5) is 2.43. The summed E-state index contributed by atoms with van der Waals surface area (Å²) >= 11 is 6.46. The summed E-state index contributed by atoms with van der Waals surface area (Å²) < 4.78 is 0. The lowest BCUT2D eigenvalue weighted by Crippen LogP contribution is -2.21. The molecule has 3 heteroatoms. The molecule has 1 aliphatic heterocycles. The molecule has 0 saturated heterocycles. The number of nitrogens with zero attached hydrogens (tertiary/aromatic N) is 1. The van der Waals surface area contributed by atoms with Gasteiger partial charge in [-0.15, -0.1) is 0 Å². The molecule has 1 fully saturated rings. The summed E-state index contributed by atoms with van der Waals surface area (Å²) in [5.74, 6) is 0. The number of anilines is 1. The Balaban J connectivity index is 1.61. The molecule has 0 aromatic heterocycles. The van der Waals surface area contributed by atoms with Gasteiger partial charge in [0.15, 0.2) is 0 Å². The fourth-order valence-corrected chi connectivity index (χ4v) is 3.29. The van der Waals surface area contributed by atoms with E-state index in [2.05, 4.69) is 46.6 Å². The van der Waals surface area contributed by atoms with Crippen LogP contribution in [-0.4, -0.2) is 6.04 Å². The number of hydrogen-bond acceptors (Lipinski definition) is 2. The van der Waals surface area contributed by atoms with Gasteiger partial charge in [-0.05, 0) is 36.1 Å². The second-order valence-electron chi connectivity index (χ2n) is 6.02. The molecule has 0 radical (unpaired) electrons. The fraction of sp³-hybridized carbons (Fsp3) is 0.333. The van der Waals surface area contributed by atoms with Gasteiger partial charge < -0.3 is 10.2 Å². The van der Waals surface area contributed by atoms with Gasteiger partial charge in [-0.1, -0.05) is 41.9 Å². The fourth-order valence-electron chi connectivity index (χ4n) is 3.06. The summed E-state index contributed by atoms with van der Waals surface area (Å²) in [5.41, 5.74) is 5.36. The number of halogens is 1. The molecule has 108 valence electrons. The van der Waals surface area contributed by atoms with Crippen LogP contribution in [0.25, 0.3) is 0 Å². The third-order valence-corrected chi connectivity index (χ3v) is 4.77. The lowest BCUT2D eigenvalue weighted by Gasteiger charge is -2.22. The van der Waals surface area contributed by atoms with Gasteiger partial charge in [-0.2, -0.15) is 0 Å². The van der Waals surface area contributed by atoms with E-state index in [4.69, 9.17) is 11.6 Å². The van der Waals surface area contributed by atoms with Gasteiger partial charge in [0.2, 0.25) is 0 Å². The minimum Gasteiger partial charge on any atom is -0.363 e. The van der Waals surface area contributed by atoms with Crippen molar-refractivity contribution in [1.82, 2.24) is 5.32 Å². The first-order valence-corrected chi connectivity index (χ1v) is 8.01. The molecule has 2 nitrogen and oxygen atoms in total. The Morgan fingerprint density at radius 2 is 1.71 bits per heavy atom. The molecule has 1 heterocycles. The van der Waals surface area contributed by atoms with Crippen molar-refractivity contribution in [2.24, 2.45) is 0 Å². The molecule has 4 rings (SSSR count). The molecule has 0 bridgehead atoms. The van der Waals surface area contributed by atoms with Crippen molar-refractivity contribution >= 4 is 17.3 Å². The summed E-state index contributed by atoms with van der Waals surface area (Å²) in [6.45, 7) is 2.83. The van der Waals surface area contributed by atoms with E-state index in [0.29, 0.717) is 6.04 Å². The van der Waals surface area contributed by atoms with Crippen LogP contribution < -0.4 is 10.2 Å². The lowest BCUT2D eigenvalue weighted by molar-refractivity contribution is 0.684. The Labute approximate surface area is 130 Å². The van der Waals surface area contributed by atoms with E-state index in [1.807, 2.05) is 6.07 Å². The smallest absolute Gasteiger partial charge is 0.0471 e. The second kappa shape index (κ2) is 5.36. The van der Waals surface area contributed by atoms with E-state index in [1.54, 1.807) is 0 Å². The first kappa shape index (κ1) is 13.2. The lowest BCUT2D eigenvalue weighted by atomic mass is 10.1. The van der Waals surface area contributed by atoms with Crippen molar-refractivity contribution in [2.45, 2.75) is 38.5 Å². The van der Waals surface area contributed by atoms with Crippen LogP contribution in [-0.2, 0) is 19.6 Å². The average Bonchev–Trinajstić information content (AvgIpc) is 3.22. The van der Waals surface area contributed by atoms with E-state index in [9.17, 15) is 0 Å². The molecule has 2 aromatic rings. The molecule has 1 aliphatic carbocycles. The molecule has 21 heavy (non-hydrogen) atoms. The van der Waals surface area contributed by atoms with E-state index in [1.165, 1.54) is 35.2 Å². The quantitative estimate of drug-likeness (QED) is 0.914. The highest BCUT2D eigenvalue weighted by Crippen LogP contribution is 2.34. The molecule has 0 amide bonds. The van der Waals surface area contributed by atoms with Crippen LogP contribution in [0.1, 0.15) is 29.5 Å². The maximum atomic E-state index is 6.46. The molecule has 2 aliphatic rings. The number of fused-ring (bicyclic) bond motifs is 1. The standard InChI is InChI=1S/C18H19ClN2/c19-17-6-3-7-18(16(17)10-20-15-8-9-15)21-11-13-4-1-2-5-14(13)12-21/h1-7,15,20H,8-12H2.